The van der Waals surface area contributed by atoms with E-state index in [1.807, 2.05) is 0 Å². The van der Waals surface area contributed by atoms with E-state index in [1.54, 1.807) is 0 Å². The molecular weight excluding hydrogens is 220 g/mol. The zero-order valence-corrected chi connectivity index (χ0v) is 8.97. The van der Waals surface area contributed by atoms with Crippen LogP contribution < -0.4 is 15.6 Å². The normalized spacial score (nSPS) is 11.3. The number of nitrogens with one attached hydrogen (secondary N) is 3. The summed E-state index contributed by atoms with van der Waals surface area (Å²) in [6, 6.07) is 1.29. The molecule has 0 fully saturated rings. The fourth-order valence-corrected chi connectivity index (χ4v) is 1.37. The second-order valence-electron chi connectivity index (χ2n) is 2.89. The second-order valence-corrected chi connectivity index (χ2v) is 4.72. The van der Waals surface area contributed by atoms with Crippen LogP contribution in [0.3, 0.4) is 0 Å². The monoisotopic (exact) mass is 232 g/mol. The van der Waals surface area contributed by atoms with E-state index >= 15 is 0 Å². The first kappa shape index (κ1) is 11.7. The van der Waals surface area contributed by atoms with E-state index in [1.165, 1.54) is 12.4 Å². The van der Waals surface area contributed by atoms with Crippen LogP contribution in [0, 0.1) is 0 Å². The summed E-state index contributed by atoms with van der Waals surface area (Å²) in [5.41, 5.74) is -0.261. The summed E-state index contributed by atoms with van der Waals surface area (Å²) in [5, 5.41) is 2.80. The molecule has 0 unspecified atom stereocenters. The lowest BCUT2D eigenvalue weighted by molar-refractivity contribution is 0.589. The van der Waals surface area contributed by atoms with Crippen molar-refractivity contribution in [2.24, 2.45) is 0 Å². The molecule has 84 valence electrons. The highest BCUT2D eigenvalue weighted by molar-refractivity contribution is 7.88. The fraction of sp³-hybridized carbons (Fsp3) is 0.429. The predicted octanol–water partition coefficient (Wildman–Crippen LogP) is -1.27. The second kappa shape index (κ2) is 4.89. The van der Waals surface area contributed by atoms with Crippen LogP contribution in [0.2, 0.25) is 0 Å². The first-order chi connectivity index (χ1) is 6.97. The molecule has 0 aliphatic rings. The largest absolute Gasteiger partial charge is 0.369 e. The van der Waals surface area contributed by atoms with Crippen molar-refractivity contribution in [1.82, 2.24) is 14.7 Å². The van der Waals surface area contributed by atoms with Gasteiger partial charge in [-0.2, -0.15) is 0 Å². The molecule has 0 spiro atoms. The van der Waals surface area contributed by atoms with Crippen LogP contribution in [0.4, 0.5) is 5.82 Å². The lowest BCUT2D eigenvalue weighted by Crippen LogP contribution is -2.28. The molecule has 0 atom stereocenters. The molecule has 0 aromatic carbocycles. The van der Waals surface area contributed by atoms with Crippen LogP contribution in [-0.2, 0) is 10.0 Å². The van der Waals surface area contributed by atoms with Gasteiger partial charge < -0.3 is 10.3 Å². The molecule has 0 bridgehead atoms. The molecule has 15 heavy (non-hydrogen) atoms. The highest BCUT2D eigenvalue weighted by Crippen LogP contribution is 1.92. The first-order valence-electron chi connectivity index (χ1n) is 4.20. The molecular formula is C7H12N4O3S. The van der Waals surface area contributed by atoms with Crippen LogP contribution in [0.1, 0.15) is 0 Å². The van der Waals surface area contributed by atoms with Crippen LogP contribution in [0.25, 0.3) is 0 Å². The van der Waals surface area contributed by atoms with Gasteiger partial charge in [-0.25, -0.2) is 18.1 Å². The minimum atomic E-state index is -3.17. The van der Waals surface area contributed by atoms with E-state index in [0.29, 0.717) is 12.4 Å². The third kappa shape index (κ3) is 5.13. The summed E-state index contributed by atoms with van der Waals surface area (Å²) >= 11 is 0. The van der Waals surface area contributed by atoms with E-state index < -0.39 is 10.0 Å². The van der Waals surface area contributed by atoms with Gasteiger partial charge in [-0.05, 0) is 0 Å². The molecule has 3 N–H and O–H groups in total. The summed E-state index contributed by atoms with van der Waals surface area (Å²) in [7, 11) is -3.17. The molecule has 7 nitrogen and oxygen atoms in total. The Bertz CT molecular complexity index is 467. The van der Waals surface area contributed by atoms with Gasteiger partial charge in [-0.1, -0.05) is 0 Å². The minimum Gasteiger partial charge on any atom is -0.369 e. The Labute approximate surface area is 87.0 Å². The molecule has 0 aliphatic heterocycles. The van der Waals surface area contributed by atoms with Crippen molar-refractivity contribution in [2.75, 3.05) is 24.7 Å². The highest BCUT2D eigenvalue weighted by Gasteiger charge is 1.99. The Morgan fingerprint density at radius 3 is 2.80 bits per heavy atom. The Morgan fingerprint density at radius 1 is 1.47 bits per heavy atom. The molecule has 1 aromatic rings. The number of nitrogens with zero attached hydrogens (tertiary/aromatic N) is 1. The maximum absolute atomic E-state index is 10.8. The molecule has 0 saturated carbocycles. The van der Waals surface area contributed by atoms with Gasteiger partial charge in [0.2, 0.25) is 10.0 Å². The average molecular weight is 232 g/mol. The molecule has 1 rings (SSSR count). The maximum Gasteiger partial charge on any atom is 0.252 e. The predicted molar refractivity (Wildman–Crippen MR) is 56.2 cm³/mol. The van der Waals surface area contributed by atoms with Gasteiger partial charge in [0, 0.05) is 19.2 Å². The van der Waals surface area contributed by atoms with E-state index in [9.17, 15) is 13.2 Å². The summed E-state index contributed by atoms with van der Waals surface area (Å²) in [5.74, 6) is 0.411. The van der Waals surface area contributed by atoms with Crippen molar-refractivity contribution >= 4 is 15.8 Å². The van der Waals surface area contributed by atoms with E-state index in [-0.39, 0.29) is 12.1 Å². The molecule has 1 aromatic heterocycles. The first-order valence-corrected chi connectivity index (χ1v) is 6.10. The number of H-pyrrole nitrogens is 1. The molecule has 0 aliphatic carbocycles. The van der Waals surface area contributed by atoms with E-state index in [4.69, 9.17) is 0 Å². The van der Waals surface area contributed by atoms with Crippen molar-refractivity contribution < 1.29 is 8.42 Å². The van der Waals surface area contributed by atoms with Crippen molar-refractivity contribution in [3.05, 3.63) is 22.7 Å². The highest BCUT2D eigenvalue weighted by atomic mass is 32.2. The minimum absolute atomic E-state index is 0.243. The van der Waals surface area contributed by atoms with Gasteiger partial charge >= 0.3 is 0 Å². The summed E-state index contributed by atoms with van der Waals surface area (Å²) < 4.78 is 23.7. The number of aromatic nitrogens is 2. The van der Waals surface area contributed by atoms with Crippen LogP contribution >= 0.6 is 0 Å². The van der Waals surface area contributed by atoms with Crippen molar-refractivity contribution in [3.8, 4) is 0 Å². The molecule has 0 radical (unpaired) electrons. The zero-order chi connectivity index (χ0) is 11.3. The van der Waals surface area contributed by atoms with Crippen LogP contribution in [0.5, 0.6) is 0 Å². The third-order valence-corrected chi connectivity index (χ3v) is 2.20. The van der Waals surface area contributed by atoms with Gasteiger partial charge in [0.1, 0.15) is 5.82 Å². The SMILES string of the molecule is CS(=O)(=O)NCCNc1cc(=O)[nH]cn1. The quantitative estimate of drug-likeness (QED) is 0.549. The van der Waals surface area contributed by atoms with Gasteiger partial charge in [0.25, 0.3) is 5.56 Å². The lowest BCUT2D eigenvalue weighted by Gasteiger charge is -2.04. The van der Waals surface area contributed by atoms with Gasteiger partial charge in [0.05, 0.1) is 12.6 Å². The number of rotatable bonds is 5. The number of sulfonamides is 1. The standard InChI is InChI=1S/C7H12N4O3S/c1-15(13,14)11-3-2-8-6-4-7(12)10-5-9-6/h4-5,11H,2-3H2,1H3,(H2,8,9,10,12). The topological polar surface area (TPSA) is 104 Å². The Balaban J connectivity index is 2.36. The zero-order valence-electron chi connectivity index (χ0n) is 8.15. The lowest BCUT2D eigenvalue weighted by atomic mass is 10.5. The van der Waals surface area contributed by atoms with Crippen LogP contribution in [0.15, 0.2) is 17.2 Å². The van der Waals surface area contributed by atoms with Crippen molar-refractivity contribution in [3.63, 3.8) is 0 Å². The molecule has 8 heteroatoms. The number of aromatic amines is 1. The Hall–Kier alpha value is -1.41. The number of hydrogen-bond donors (Lipinski definition) is 3. The van der Waals surface area contributed by atoms with Gasteiger partial charge in [-0.3, -0.25) is 4.79 Å². The fourth-order valence-electron chi connectivity index (χ4n) is 0.892. The molecule has 0 amide bonds. The van der Waals surface area contributed by atoms with Gasteiger partial charge in [-0.15, -0.1) is 0 Å². The summed E-state index contributed by atoms with van der Waals surface area (Å²) in [6.07, 6.45) is 2.35. The molecule has 0 saturated heterocycles. The van der Waals surface area contributed by atoms with E-state index in [2.05, 4.69) is 20.0 Å². The Morgan fingerprint density at radius 2 is 2.20 bits per heavy atom. The third-order valence-electron chi connectivity index (χ3n) is 1.47. The van der Waals surface area contributed by atoms with Crippen molar-refractivity contribution in [2.45, 2.75) is 0 Å². The van der Waals surface area contributed by atoms with E-state index in [0.717, 1.165) is 6.26 Å². The van der Waals surface area contributed by atoms with Gasteiger partial charge in [0.15, 0.2) is 0 Å². The molecule has 1 heterocycles. The van der Waals surface area contributed by atoms with Crippen molar-refractivity contribution in [1.29, 1.82) is 0 Å². The summed E-state index contributed by atoms with van der Waals surface area (Å²) in [4.78, 5) is 17.0. The summed E-state index contributed by atoms with van der Waals surface area (Å²) in [6.45, 7) is 0.608. The number of hydrogen-bond acceptors (Lipinski definition) is 5. The Kier molecular flexibility index (Phi) is 3.81. The smallest absolute Gasteiger partial charge is 0.252 e. The maximum atomic E-state index is 10.8. The van der Waals surface area contributed by atoms with Crippen LogP contribution in [-0.4, -0.2) is 37.7 Å². The average Bonchev–Trinajstić information content (AvgIpc) is 2.11. The number of anilines is 1.